The highest BCUT2D eigenvalue weighted by Gasteiger charge is 2.12. The molecule has 7 heteroatoms. The van der Waals surface area contributed by atoms with Crippen molar-refractivity contribution in [2.45, 2.75) is 0 Å². The maximum Gasteiger partial charge on any atom is 0.262 e. The van der Waals surface area contributed by atoms with Gasteiger partial charge in [-0.1, -0.05) is 35.3 Å². The van der Waals surface area contributed by atoms with Crippen molar-refractivity contribution in [1.82, 2.24) is 4.98 Å². The first-order chi connectivity index (χ1) is 13.6. The van der Waals surface area contributed by atoms with Gasteiger partial charge in [-0.05, 0) is 48.5 Å². The van der Waals surface area contributed by atoms with Crippen molar-refractivity contribution in [2.24, 2.45) is 0 Å². The van der Waals surface area contributed by atoms with E-state index in [1.54, 1.807) is 48.5 Å². The minimum Gasteiger partial charge on any atom is -0.484 e. The highest BCUT2D eigenvalue weighted by atomic mass is 35.5. The SMILES string of the molecule is O=C(COc1ccc(Cl)cc1)Nc1ccc2nc(-c3ccccc3Cl)oc2c1. The first kappa shape index (κ1) is 18.3. The Kier molecular flexibility index (Phi) is 5.19. The topological polar surface area (TPSA) is 64.4 Å². The molecule has 1 amide bonds. The molecule has 4 aromatic rings. The van der Waals surface area contributed by atoms with Crippen LogP contribution in [0.25, 0.3) is 22.6 Å². The molecule has 0 aliphatic carbocycles. The minimum atomic E-state index is -0.292. The predicted octanol–water partition coefficient (Wildman–Crippen LogP) is 5.82. The first-order valence-electron chi connectivity index (χ1n) is 8.42. The highest BCUT2D eigenvalue weighted by molar-refractivity contribution is 6.33. The van der Waals surface area contributed by atoms with Crippen LogP contribution in [0.2, 0.25) is 10.0 Å². The fraction of sp³-hybridized carbons (Fsp3) is 0.0476. The number of carbonyl (C=O) groups excluding carboxylic acids is 1. The van der Waals surface area contributed by atoms with Gasteiger partial charge in [0.05, 0.1) is 10.6 Å². The largest absolute Gasteiger partial charge is 0.484 e. The summed E-state index contributed by atoms with van der Waals surface area (Å²) in [4.78, 5) is 16.6. The third-order valence-electron chi connectivity index (χ3n) is 3.96. The van der Waals surface area contributed by atoms with Crippen LogP contribution in [0.4, 0.5) is 5.69 Å². The number of rotatable bonds is 5. The van der Waals surface area contributed by atoms with Gasteiger partial charge in [0.15, 0.2) is 12.2 Å². The molecule has 1 aromatic heterocycles. The molecular formula is C21H14Cl2N2O3. The second-order valence-corrected chi connectivity index (χ2v) is 6.82. The Morgan fingerprint density at radius 1 is 1.04 bits per heavy atom. The summed E-state index contributed by atoms with van der Waals surface area (Å²) in [5, 5.41) is 3.93. The Bertz CT molecular complexity index is 1140. The second-order valence-electron chi connectivity index (χ2n) is 5.97. The molecule has 0 bridgehead atoms. The number of hydrogen-bond donors (Lipinski definition) is 1. The van der Waals surface area contributed by atoms with Crippen LogP contribution in [0.5, 0.6) is 5.75 Å². The lowest BCUT2D eigenvalue weighted by molar-refractivity contribution is -0.118. The maximum absolute atomic E-state index is 12.1. The van der Waals surface area contributed by atoms with E-state index < -0.39 is 0 Å². The van der Waals surface area contributed by atoms with Gasteiger partial charge in [-0.25, -0.2) is 4.98 Å². The van der Waals surface area contributed by atoms with E-state index in [1.807, 2.05) is 18.2 Å². The number of amides is 1. The van der Waals surface area contributed by atoms with Crippen molar-refractivity contribution >= 4 is 45.9 Å². The van der Waals surface area contributed by atoms with E-state index in [-0.39, 0.29) is 12.5 Å². The molecule has 0 aliphatic heterocycles. The monoisotopic (exact) mass is 412 g/mol. The molecule has 5 nitrogen and oxygen atoms in total. The quantitative estimate of drug-likeness (QED) is 0.448. The summed E-state index contributed by atoms with van der Waals surface area (Å²) in [6.45, 7) is -0.124. The molecule has 0 spiro atoms. The molecule has 0 fully saturated rings. The number of oxazole rings is 1. The molecule has 28 heavy (non-hydrogen) atoms. The van der Waals surface area contributed by atoms with Gasteiger partial charge in [0.2, 0.25) is 5.89 Å². The molecular weight excluding hydrogens is 399 g/mol. The van der Waals surface area contributed by atoms with Crippen LogP contribution in [0.3, 0.4) is 0 Å². The third kappa shape index (κ3) is 4.11. The minimum absolute atomic E-state index is 0.124. The van der Waals surface area contributed by atoms with E-state index >= 15 is 0 Å². The Morgan fingerprint density at radius 2 is 1.82 bits per heavy atom. The van der Waals surface area contributed by atoms with Gasteiger partial charge in [0.1, 0.15) is 11.3 Å². The third-order valence-corrected chi connectivity index (χ3v) is 4.54. The van der Waals surface area contributed by atoms with Gasteiger partial charge in [0.25, 0.3) is 5.91 Å². The van der Waals surface area contributed by atoms with Crippen LogP contribution in [-0.4, -0.2) is 17.5 Å². The number of nitrogens with zero attached hydrogens (tertiary/aromatic N) is 1. The van der Waals surface area contributed by atoms with E-state index in [1.165, 1.54) is 0 Å². The average molecular weight is 413 g/mol. The fourth-order valence-corrected chi connectivity index (χ4v) is 2.97. The van der Waals surface area contributed by atoms with E-state index in [4.69, 9.17) is 32.4 Å². The average Bonchev–Trinajstić information content (AvgIpc) is 3.11. The van der Waals surface area contributed by atoms with Gasteiger partial charge in [-0.2, -0.15) is 0 Å². The molecule has 0 saturated heterocycles. The van der Waals surface area contributed by atoms with Gasteiger partial charge in [-0.3, -0.25) is 4.79 Å². The summed E-state index contributed by atoms with van der Waals surface area (Å²) >= 11 is 12.0. The molecule has 4 rings (SSSR count). The van der Waals surface area contributed by atoms with Crippen molar-refractivity contribution in [1.29, 1.82) is 0 Å². The summed E-state index contributed by atoms with van der Waals surface area (Å²) in [6, 6.07) is 19.4. The van der Waals surface area contributed by atoms with Gasteiger partial charge >= 0.3 is 0 Å². The number of anilines is 1. The Labute approximate surface area is 170 Å². The number of fused-ring (bicyclic) bond motifs is 1. The molecule has 3 aromatic carbocycles. The lowest BCUT2D eigenvalue weighted by Crippen LogP contribution is -2.20. The molecule has 0 atom stereocenters. The van der Waals surface area contributed by atoms with Crippen molar-refractivity contribution < 1.29 is 13.9 Å². The van der Waals surface area contributed by atoms with Gasteiger partial charge in [0, 0.05) is 16.8 Å². The zero-order valence-electron chi connectivity index (χ0n) is 14.5. The van der Waals surface area contributed by atoms with Gasteiger partial charge < -0.3 is 14.5 Å². The lowest BCUT2D eigenvalue weighted by atomic mass is 10.2. The van der Waals surface area contributed by atoms with Crippen LogP contribution in [0, 0.1) is 0 Å². The fourth-order valence-electron chi connectivity index (χ4n) is 2.63. The molecule has 0 radical (unpaired) electrons. The Hall–Kier alpha value is -3.02. The van der Waals surface area contributed by atoms with E-state index in [9.17, 15) is 4.79 Å². The molecule has 0 aliphatic rings. The van der Waals surface area contributed by atoms with Crippen molar-refractivity contribution in [3.8, 4) is 17.2 Å². The summed E-state index contributed by atoms with van der Waals surface area (Å²) < 4.78 is 11.2. The number of nitrogens with one attached hydrogen (secondary N) is 1. The highest BCUT2D eigenvalue weighted by Crippen LogP contribution is 2.30. The number of carbonyl (C=O) groups is 1. The van der Waals surface area contributed by atoms with E-state index in [0.717, 1.165) is 0 Å². The molecule has 1 N–H and O–H groups in total. The summed E-state index contributed by atoms with van der Waals surface area (Å²) in [5.74, 6) is 0.699. The zero-order valence-corrected chi connectivity index (χ0v) is 16.0. The standard InChI is InChI=1S/C21H14Cl2N2O3/c22-13-5-8-15(9-6-13)27-12-20(26)24-14-7-10-18-19(11-14)28-21(25-18)16-3-1-2-4-17(16)23/h1-11H,12H2,(H,24,26). The Morgan fingerprint density at radius 3 is 2.61 bits per heavy atom. The number of aromatic nitrogens is 1. The maximum atomic E-state index is 12.1. The summed E-state index contributed by atoms with van der Waals surface area (Å²) in [6.07, 6.45) is 0. The number of benzene rings is 3. The molecule has 1 heterocycles. The van der Waals surface area contributed by atoms with Crippen LogP contribution < -0.4 is 10.1 Å². The Balaban J connectivity index is 1.46. The number of ether oxygens (including phenoxy) is 1. The first-order valence-corrected chi connectivity index (χ1v) is 9.18. The van der Waals surface area contributed by atoms with Crippen molar-refractivity contribution in [3.63, 3.8) is 0 Å². The normalized spacial score (nSPS) is 10.8. The van der Waals surface area contributed by atoms with E-state index in [2.05, 4.69) is 10.3 Å². The van der Waals surface area contributed by atoms with Crippen LogP contribution >= 0.6 is 23.2 Å². The summed E-state index contributed by atoms with van der Waals surface area (Å²) in [7, 11) is 0. The predicted molar refractivity (Wildman–Crippen MR) is 110 cm³/mol. The molecule has 0 saturated carbocycles. The number of halogens is 2. The zero-order chi connectivity index (χ0) is 19.5. The van der Waals surface area contributed by atoms with Crippen molar-refractivity contribution in [2.75, 3.05) is 11.9 Å². The van der Waals surface area contributed by atoms with Crippen molar-refractivity contribution in [3.05, 3.63) is 76.8 Å². The number of hydrogen-bond acceptors (Lipinski definition) is 4. The van der Waals surface area contributed by atoms with Gasteiger partial charge in [-0.15, -0.1) is 0 Å². The molecule has 140 valence electrons. The van der Waals surface area contributed by atoms with Crippen LogP contribution in [0.1, 0.15) is 0 Å². The lowest BCUT2D eigenvalue weighted by Gasteiger charge is -2.07. The molecule has 0 unspecified atom stereocenters. The van der Waals surface area contributed by atoms with Crippen LogP contribution in [0.15, 0.2) is 71.1 Å². The van der Waals surface area contributed by atoms with E-state index in [0.29, 0.717) is 44.0 Å². The van der Waals surface area contributed by atoms with Crippen LogP contribution in [-0.2, 0) is 4.79 Å². The smallest absolute Gasteiger partial charge is 0.262 e. The summed E-state index contributed by atoms with van der Waals surface area (Å²) in [5.41, 5.74) is 2.51. The second kappa shape index (κ2) is 7.92.